The third-order valence-corrected chi connectivity index (χ3v) is 2.15. The van der Waals surface area contributed by atoms with Crippen molar-refractivity contribution in [3.05, 3.63) is 35.4 Å². The molecule has 0 heterocycles. The van der Waals surface area contributed by atoms with E-state index in [9.17, 15) is 4.79 Å². The maximum atomic E-state index is 10.8. The fourth-order valence-electron chi connectivity index (χ4n) is 1.18. The van der Waals surface area contributed by atoms with E-state index in [2.05, 4.69) is 23.8 Å². The van der Waals surface area contributed by atoms with Gasteiger partial charge in [0, 0.05) is 0 Å². The number of hydrogen-bond donors (Lipinski definition) is 0. The lowest BCUT2D eigenvalue weighted by atomic mass is 10.1. The third kappa shape index (κ3) is 4.13. The number of rotatable bonds is 5. The van der Waals surface area contributed by atoms with Crippen molar-refractivity contribution in [2.45, 2.75) is 20.0 Å². The molecule has 0 unspecified atom stereocenters. The lowest BCUT2D eigenvalue weighted by Crippen LogP contribution is -2.09. The second kappa shape index (κ2) is 6.19. The van der Waals surface area contributed by atoms with Crippen LogP contribution >= 0.6 is 0 Å². The average Bonchev–Trinajstić information content (AvgIpc) is 2.29. The van der Waals surface area contributed by atoms with Gasteiger partial charge in [-0.2, -0.15) is 0 Å². The van der Waals surface area contributed by atoms with Gasteiger partial charge < -0.3 is 9.47 Å². The Kier molecular flexibility index (Phi) is 4.84. The molecule has 3 heteroatoms. The topological polar surface area (TPSA) is 35.5 Å². The fourth-order valence-corrected chi connectivity index (χ4v) is 1.18. The number of benzene rings is 1. The molecule has 1 aromatic rings. The predicted molar refractivity (Wildman–Crippen MR) is 57.5 cm³/mol. The molecule has 0 aliphatic carbocycles. The molecule has 0 saturated carbocycles. The normalized spacial score (nSPS) is 10.0. The molecule has 0 aliphatic rings. The summed E-state index contributed by atoms with van der Waals surface area (Å²) in [4.78, 5) is 10.8. The van der Waals surface area contributed by atoms with Gasteiger partial charge in [0.05, 0.1) is 13.7 Å². The second-order valence-electron chi connectivity index (χ2n) is 3.24. The molecule has 82 valence electrons. The van der Waals surface area contributed by atoms with Crippen molar-refractivity contribution in [3.63, 3.8) is 0 Å². The SMILES string of the molecule is CCc1ccc(COCC(=O)OC)cc1. The van der Waals surface area contributed by atoms with E-state index in [-0.39, 0.29) is 12.6 Å². The first-order valence-corrected chi connectivity index (χ1v) is 4.98. The summed E-state index contributed by atoms with van der Waals surface area (Å²) in [5.74, 6) is -0.347. The van der Waals surface area contributed by atoms with Crippen molar-refractivity contribution >= 4 is 5.97 Å². The zero-order chi connectivity index (χ0) is 11.1. The Morgan fingerprint density at radius 3 is 2.33 bits per heavy atom. The molecule has 0 fully saturated rings. The van der Waals surface area contributed by atoms with Gasteiger partial charge in [0.2, 0.25) is 0 Å². The summed E-state index contributed by atoms with van der Waals surface area (Å²) in [6.45, 7) is 2.56. The summed E-state index contributed by atoms with van der Waals surface area (Å²) in [6.07, 6.45) is 1.03. The van der Waals surface area contributed by atoms with Gasteiger partial charge in [-0.25, -0.2) is 4.79 Å². The Balaban J connectivity index is 2.34. The van der Waals surface area contributed by atoms with Crippen LogP contribution in [0.2, 0.25) is 0 Å². The first-order chi connectivity index (χ1) is 7.26. The minimum absolute atomic E-state index is 0.00598. The van der Waals surface area contributed by atoms with Gasteiger partial charge in [0.1, 0.15) is 6.61 Å². The van der Waals surface area contributed by atoms with Gasteiger partial charge in [0.25, 0.3) is 0 Å². The molecule has 0 atom stereocenters. The molecule has 15 heavy (non-hydrogen) atoms. The van der Waals surface area contributed by atoms with Crippen LogP contribution in [0, 0.1) is 0 Å². The van der Waals surface area contributed by atoms with Crippen molar-refractivity contribution in [3.8, 4) is 0 Å². The number of esters is 1. The standard InChI is InChI=1S/C12H16O3/c1-3-10-4-6-11(7-5-10)8-15-9-12(13)14-2/h4-7H,3,8-9H2,1-2H3. The molecule has 0 radical (unpaired) electrons. The molecule has 0 bridgehead atoms. The van der Waals surface area contributed by atoms with Crippen LogP contribution in [0.4, 0.5) is 0 Å². The summed E-state index contributed by atoms with van der Waals surface area (Å²) in [7, 11) is 1.35. The Morgan fingerprint density at radius 1 is 1.20 bits per heavy atom. The van der Waals surface area contributed by atoms with Crippen molar-refractivity contribution in [1.29, 1.82) is 0 Å². The van der Waals surface area contributed by atoms with E-state index in [0.29, 0.717) is 6.61 Å². The van der Waals surface area contributed by atoms with Gasteiger partial charge in [-0.05, 0) is 17.5 Å². The molecular formula is C12H16O3. The molecule has 0 saturated heterocycles. The van der Waals surface area contributed by atoms with Gasteiger partial charge in [-0.3, -0.25) is 0 Å². The van der Waals surface area contributed by atoms with Gasteiger partial charge >= 0.3 is 5.97 Å². The van der Waals surface area contributed by atoms with E-state index >= 15 is 0 Å². The zero-order valence-corrected chi connectivity index (χ0v) is 9.16. The maximum Gasteiger partial charge on any atom is 0.331 e. The average molecular weight is 208 g/mol. The van der Waals surface area contributed by atoms with Crippen LogP contribution in [0.3, 0.4) is 0 Å². The number of methoxy groups -OCH3 is 1. The minimum atomic E-state index is -0.347. The lowest BCUT2D eigenvalue weighted by molar-refractivity contribution is -0.146. The summed E-state index contributed by atoms with van der Waals surface area (Å²) >= 11 is 0. The molecule has 0 aromatic heterocycles. The first-order valence-electron chi connectivity index (χ1n) is 4.98. The first kappa shape index (κ1) is 11.7. The van der Waals surface area contributed by atoms with E-state index < -0.39 is 0 Å². The Hall–Kier alpha value is -1.35. The molecule has 0 spiro atoms. The number of hydrogen-bond acceptors (Lipinski definition) is 3. The van der Waals surface area contributed by atoms with E-state index in [1.54, 1.807) is 0 Å². The van der Waals surface area contributed by atoms with E-state index in [1.165, 1.54) is 12.7 Å². The minimum Gasteiger partial charge on any atom is -0.467 e. The molecule has 0 amide bonds. The number of carbonyl (C=O) groups excluding carboxylic acids is 1. The molecule has 3 nitrogen and oxygen atoms in total. The van der Waals surface area contributed by atoms with Crippen LogP contribution < -0.4 is 0 Å². The van der Waals surface area contributed by atoms with Crippen LogP contribution in [-0.2, 0) is 27.3 Å². The molecule has 1 aromatic carbocycles. The fraction of sp³-hybridized carbons (Fsp3) is 0.417. The quantitative estimate of drug-likeness (QED) is 0.694. The van der Waals surface area contributed by atoms with Gasteiger partial charge in [-0.1, -0.05) is 31.2 Å². The number of ether oxygens (including phenoxy) is 2. The zero-order valence-electron chi connectivity index (χ0n) is 9.16. The van der Waals surface area contributed by atoms with Crippen LogP contribution in [0.15, 0.2) is 24.3 Å². The van der Waals surface area contributed by atoms with E-state index in [1.807, 2.05) is 12.1 Å². The van der Waals surface area contributed by atoms with E-state index in [4.69, 9.17) is 4.74 Å². The highest BCUT2D eigenvalue weighted by atomic mass is 16.6. The van der Waals surface area contributed by atoms with Crippen molar-refractivity contribution < 1.29 is 14.3 Å². The van der Waals surface area contributed by atoms with Gasteiger partial charge in [0.15, 0.2) is 0 Å². The predicted octanol–water partition coefficient (Wildman–Crippen LogP) is 1.94. The largest absolute Gasteiger partial charge is 0.467 e. The summed E-state index contributed by atoms with van der Waals surface area (Å²) < 4.78 is 9.63. The third-order valence-electron chi connectivity index (χ3n) is 2.15. The second-order valence-corrected chi connectivity index (χ2v) is 3.24. The smallest absolute Gasteiger partial charge is 0.331 e. The molecule has 0 N–H and O–H groups in total. The monoisotopic (exact) mass is 208 g/mol. The van der Waals surface area contributed by atoms with Gasteiger partial charge in [-0.15, -0.1) is 0 Å². The summed E-state index contributed by atoms with van der Waals surface area (Å²) in [5, 5.41) is 0. The van der Waals surface area contributed by atoms with Crippen molar-refractivity contribution in [1.82, 2.24) is 0 Å². The summed E-state index contributed by atoms with van der Waals surface area (Å²) in [5.41, 5.74) is 2.36. The van der Waals surface area contributed by atoms with Crippen molar-refractivity contribution in [2.24, 2.45) is 0 Å². The Morgan fingerprint density at radius 2 is 1.80 bits per heavy atom. The highest BCUT2D eigenvalue weighted by Gasteiger charge is 2.00. The molecule has 0 aliphatic heterocycles. The summed E-state index contributed by atoms with van der Waals surface area (Å²) in [6, 6.07) is 8.15. The van der Waals surface area contributed by atoms with Crippen LogP contribution in [0.25, 0.3) is 0 Å². The highest BCUT2D eigenvalue weighted by Crippen LogP contribution is 2.06. The molecule has 1 rings (SSSR count). The number of carbonyl (C=O) groups is 1. The van der Waals surface area contributed by atoms with Crippen molar-refractivity contribution in [2.75, 3.05) is 13.7 Å². The lowest BCUT2D eigenvalue weighted by Gasteiger charge is -2.03. The molecular weight excluding hydrogens is 192 g/mol. The Labute approximate surface area is 90.0 Å². The van der Waals surface area contributed by atoms with Crippen LogP contribution in [0.5, 0.6) is 0 Å². The highest BCUT2D eigenvalue weighted by molar-refractivity contribution is 5.70. The Bertz CT molecular complexity index is 303. The van der Waals surface area contributed by atoms with Crippen LogP contribution in [0.1, 0.15) is 18.1 Å². The maximum absolute atomic E-state index is 10.8. The van der Waals surface area contributed by atoms with Crippen LogP contribution in [-0.4, -0.2) is 19.7 Å². The number of aryl methyl sites for hydroxylation is 1. The van der Waals surface area contributed by atoms with E-state index in [0.717, 1.165) is 12.0 Å².